The Morgan fingerprint density at radius 1 is 1.37 bits per heavy atom. The zero-order chi connectivity index (χ0) is 14.6. The third-order valence-corrected chi connectivity index (χ3v) is 3.48. The Morgan fingerprint density at radius 2 is 1.89 bits per heavy atom. The minimum absolute atomic E-state index is 0.00695. The van der Waals surface area contributed by atoms with Gasteiger partial charge >= 0.3 is 6.03 Å². The number of hydrogen-bond donors (Lipinski definition) is 1. The van der Waals surface area contributed by atoms with Gasteiger partial charge in [0, 0.05) is 26.7 Å². The van der Waals surface area contributed by atoms with E-state index in [1.54, 1.807) is 18.9 Å². The highest BCUT2D eigenvalue weighted by atomic mass is 16.5. The molecule has 0 saturated carbocycles. The van der Waals surface area contributed by atoms with Crippen LogP contribution >= 0.6 is 0 Å². The van der Waals surface area contributed by atoms with Crippen LogP contribution < -0.4 is 0 Å². The molecule has 2 amide bonds. The van der Waals surface area contributed by atoms with Gasteiger partial charge in [0.15, 0.2) is 0 Å². The Hall–Kier alpha value is -0.810. The van der Waals surface area contributed by atoms with E-state index in [4.69, 9.17) is 4.74 Å². The van der Waals surface area contributed by atoms with Crippen LogP contribution in [0.25, 0.3) is 0 Å². The molecule has 112 valence electrons. The molecule has 1 N–H and O–H groups in total. The van der Waals surface area contributed by atoms with E-state index in [1.165, 1.54) is 0 Å². The molecular formula is C14H28N2O3. The summed E-state index contributed by atoms with van der Waals surface area (Å²) in [7, 11) is 1.73. The molecular weight excluding hydrogens is 244 g/mol. The van der Waals surface area contributed by atoms with E-state index in [1.807, 2.05) is 18.7 Å². The summed E-state index contributed by atoms with van der Waals surface area (Å²) < 4.78 is 5.94. The summed E-state index contributed by atoms with van der Waals surface area (Å²) in [5.74, 6) is 0. The van der Waals surface area contributed by atoms with E-state index in [9.17, 15) is 9.90 Å². The predicted molar refractivity (Wildman–Crippen MR) is 75.1 cm³/mol. The lowest BCUT2D eigenvalue weighted by Gasteiger charge is -2.41. The van der Waals surface area contributed by atoms with Crippen molar-refractivity contribution in [3.63, 3.8) is 0 Å². The maximum absolute atomic E-state index is 12.2. The van der Waals surface area contributed by atoms with Gasteiger partial charge in [-0.25, -0.2) is 4.79 Å². The molecule has 1 aliphatic heterocycles. The third-order valence-electron chi connectivity index (χ3n) is 3.48. The summed E-state index contributed by atoms with van der Waals surface area (Å²) in [6.45, 7) is 9.69. The first kappa shape index (κ1) is 16.2. The zero-order valence-electron chi connectivity index (χ0n) is 12.8. The number of likely N-dealkylation sites (tertiary alicyclic amines) is 1. The molecule has 0 aromatic heterocycles. The van der Waals surface area contributed by atoms with Crippen LogP contribution in [0.15, 0.2) is 0 Å². The monoisotopic (exact) mass is 272 g/mol. The average Bonchev–Trinajstić information content (AvgIpc) is 2.26. The van der Waals surface area contributed by atoms with Gasteiger partial charge in [-0.2, -0.15) is 0 Å². The molecule has 1 fully saturated rings. The quantitative estimate of drug-likeness (QED) is 0.847. The van der Waals surface area contributed by atoms with Gasteiger partial charge in [-0.1, -0.05) is 0 Å². The Kier molecular flexibility index (Phi) is 5.62. The molecule has 0 spiro atoms. The van der Waals surface area contributed by atoms with E-state index in [0.29, 0.717) is 19.6 Å². The number of carbonyl (C=O) groups is 1. The maximum Gasteiger partial charge on any atom is 0.319 e. The topological polar surface area (TPSA) is 53.0 Å². The number of ether oxygens (including phenoxy) is 1. The molecule has 1 heterocycles. The second-order valence-corrected chi connectivity index (χ2v) is 6.12. The van der Waals surface area contributed by atoms with Crippen LogP contribution in [-0.4, -0.2) is 65.4 Å². The highest BCUT2D eigenvalue weighted by Crippen LogP contribution is 2.27. The molecule has 1 unspecified atom stereocenters. The van der Waals surface area contributed by atoms with Crippen LogP contribution in [-0.2, 0) is 4.74 Å². The lowest BCUT2D eigenvalue weighted by Crippen LogP contribution is -2.51. The molecule has 19 heavy (non-hydrogen) atoms. The van der Waals surface area contributed by atoms with Crippen LogP contribution in [0.4, 0.5) is 4.79 Å². The number of hydrogen-bond acceptors (Lipinski definition) is 3. The number of aliphatic hydroxyl groups excluding tert-OH is 1. The van der Waals surface area contributed by atoms with E-state index in [0.717, 1.165) is 12.8 Å². The van der Waals surface area contributed by atoms with Crippen LogP contribution in [0.5, 0.6) is 0 Å². The molecule has 0 aromatic carbocycles. The molecule has 1 saturated heterocycles. The van der Waals surface area contributed by atoms with Crippen molar-refractivity contribution in [3.05, 3.63) is 0 Å². The largest absolute Gasteiger partial charge is 0.392 e. The fourth-order valence-corrected chi connectivity index (χ4v) is 2.57. The molecule has 1 atom stereocenters. The predicted octanol–water partition coefficient (Wildman–Crippen LogP) is 1.70. The van der Waals surface area contributed by atoms with Crippen LogP contribution in [0, 0.1) is 0 Å². The fraction of sp³-hybridized carbons (Fsp3) is 0.929. The number of amides is 2. The Morgan fingerprint density at radius 3 is 2.32 bits per heavy atom. The van der Waals surface area contributed by atoms with Crippen LogP contribution in [0.2, 0.25) is 0 Å². The second kappa shape index (κ2) is 6.57. The molecule has 0 radical (unpaired) electrons. The van der Waals surface area contributed by atoms with Crippen molar-refractivity contribution in [1.82, 2.24) is 9.80 Å². The number of rotatable bonds is 4. The van der Waals surface area contributed by atoms with Crippen molar-refractivity contribution in [1.29, 1.82) is 0 Å². The number of aliphatic hydroxyl groups is 1. The zero-order valence-corrected chi connectivity index (χ0v) is 12.8. The van der Waals surface area contributed by atoms with Crippen molar-refractivity contribution in [2.75, 3.05) is 26.7 Å². The lowest BCUT2D eigenvalue weighted by atomic mass is 9.93. The maximum atomic E-state index is 12.2. The second-order valence-electron chi connectivity index (χ2n) is 6.12. The molecule has 0 aromatic rings. The highest BCUT2D eigenvalue weighted by Gasteiger charge is 2.34. The first-order chi connectivity index (χ1) is 8.73. The first-order valence-corrected chi connectivity index (χ1v) is 7.09. The smallest absolute Gasteiger partial charge is 0.319 e. The number of piperidine rings is 1. The van der Waals surface area contributed by atoms with Crippen molar-refractivity contribution in [3.8, 4) is 0 Å². The van der Waals surface area contributed by atoms with Crippen molar-refractivity contribution < 1.29 is 14.6 Å². The Bertz CT molecular complexity index is 297. The molecule has 5 heteroatoms. The molecule has 0 bridgehead atoms. The summed E-state index contributed by atoms with van der Waals surface area (Å²) in [5, 5.41) is 9.32. The number of nitrogens with zero attached hydrogens (tertiary/aromatic N) is 2. The van der Waals surface area contributed by atoms with Gasteiger partial charge in [0.2, 0.25) is 0 Å². The van der Waals surface area contributed by atoms with Crippen molar-refractivity contribution in [2.45, 2.75) is 58.3 Å². The molecule has 1 rings (SSSR count). The number of likely N-dealkylation sites (N-methyl/N-ethyl adjacent to an activating group) is 1. The van der Waals surface area contributed by atoms with Gasteiger partial charge < -0.3 is 19.6 Å². The normalized spacial score (nSPS) is 20.5. The molecule has 5 nitrogen and oxygen atoms in total. The van der Waals surface area contributed by atoms with E-state index in [-0.39, 0.29) is 17.7 Å². The summed E-state index contributed by atoms with van der Waals surface area (Å²) in [6, 6.07) is -0.00695. The third kappa shape index (κ3) is 4.99. The van der Waals surface area contributed by atoms with E-state index < -0.39 is 6.10 Å². The van der Waals surface area contributed by atoms with E-state index >= 15 is 0 Å². The Balaban J connectivity index is 2.47. The number of urea groups is 1. The van der Waals surface area contributed by atoms with Gasteiger partial charge in [0.25, 0.3) is 0 Å². The van der Waals surface area contributed by atoms with Gasteiger partial charge in [0.05, 0.1) is 17.8 Å². The fourth-order valence-electron chi connectivity index (χ4n) is 2.57. The minimum atomic E-state index is -0.492. The average molecular weight is 272 g/mol. The van der Waals surface area contributed by atoms with Gasteiger partial charge in [0.1, 0.15) is 0 Å². The van der Waals surface area contributed by atoms with E-state index in [2.05, 4.69) is 6.92 Å². The van der Waals surface area contributed by atoms with Crippen LogP contribution in [0.3, 0.4) is 0 Å². The molecule has 0 aliphatic carbocycles. The summed E-state index contributed by atoms with van der Waals surface area (Å²) >= 11 is 0. The summed E-state index contributed by atoms with van der Waals surface area (Å²) in [5.41, 5.74) is -0.117. The first-order valence-electron chi connectivity index (χ1n) is 7.09. The minimum Gasteiger partial charge on any atom is -0.392 e. The summed E-state index contributed by atoms with van der Waals surface area (Å²) in [6.07, 6.45) is 1.44. The van der Waals surface area contributed by atoms with Gasteiger partial charge in [-0.3, -0.25) is 0 Å². The van der Waals surface area contributed by atoms with Gasteiger partial charge in [-0.05, 0) is 40.5 Å². The highest BCUT2D eigenvalue weighted by molar-refractivity contribution is 5.74. The summed E-state index contributed by atoms with van der Waals surface area (Å²) in [4.78, 5) is 15.6. The Labute approximate surface area is 116 Å². The lowest BCUT2D eigenvalue weighted by molar-refractivity contribution is -0.0960. The van der Waals surface area contributed by atoms with Crippen molar-refractivity contribution >= 4 is 6.03 Å². The SMILES string of the molecule is CC(O)CN(C)C(=O)N1CCC(C)(OC(C)C)CC1. The van der Waals surface area contributed by atoms with Gasteiger partial charge in [-0.15, -0.1) is 0 Å². The van der Waals surface area contributed by atoms with Crippen LogP contribution in [0.1, 0.15) is 40.5 Å². The van der Waals surface area contributed by atoms with Crippen molar-refractivity contribution in [2.24, 2.45) is 0 Å². The standard InChI is InChI=1S/C14H28N2O3/c1-11(2)19-14(4)6-8-16(9-7-14)13(18)15(5)10-12(3)17/h11-12,17H,6-10H2,1-5H3. The number of carbonyl (C=O) groups excluding carboxylic acids is 1. The molecule has 1 aliphatic rings.